The Kier molecular flexibility index (Phi) is 12.0. The number of unbranched alkanes of at least 4 members (excludes halogenated alkanes) is 3. The minimum atomic E-state index is -0.379. The number of ether oxygens (including phenoxy) is 4. The Morgan fingerprint density at radius 1 is 0.784 bits per heavy atom. The third kappa shape index (κ3) is 10.2. The molecule has 2 aliphatic carbocycles. The van der Waals surface area contributed by atoms with Crippen LogP contribution in [0.15, 0.2) is 36.9 Å². The van der Waals surface area contributed by atoms with Crippen molar-refractivity contribution in [3.05, 3.63) is 42.5 Å². The van der Waals surface area contributed by atoms with Gasteiger partial charge in [0.1, 0.15) is 18.0 Å². The molecule has 2 saturated carbocycles. The van der Waals surface area contributed by atoms with Crippen LogP contribution in [0.4, 0.5) is 0 Å². The fraction of sp³-hybridized carbons (Fsp3) is 0.633. The van der Waals surface area contributed by atoms with Crippen molar-refractivity contribution < 1.29 is 33.3 Å². The standard InChI is InChI=1S/C30H42O7/c1-3-29(32)35-21-7-5-4-6-20-34-26-14-12-25(13-15-26)30(33)37-28-18-10-24(11-19-28)23-8-16-27(17-9-23)36-22(2)31/h3,12-15,23-24,27-28H,1,4-11,16-21H2,2H3. The van der Waals surface area contributed by atoms with Crippen LogP contribution in [-0.4, -0.2) is 43.3 Å². The van der Waals surface area contributed by atoms with E-state index in [0.29, 0.717) is 30.6 Å². The van der Waals surface area contributed by atoms with E-state index in [2.05, 4.69) is 6.58 Å². The Morgan fingerprint density at radius 3 is 1.86 bits per heavy atom. The first kappa shape index (κ1) is 28.7. The summed E-state index contributed by atoms with van der Waals surface area (Å²) in [5.74, 6) is 1.28. The molecule has 0 saturated heterocycles. The molecule has 0 atom stereocenters. The first-order valence-electron chi connectivity index (χ1n) is 13.8. The highest BCUT2D eigenvalue weighted by atomic mass is 16.5. The van der Waals surface area contributed by atoms with Crippen LogP contribution in [0, 0.1) is 11.8 Å². The summed E-state index contributed by atoms with van der Waals surface area (Å²) in [4.78, 5) is 34.8. The highest BCUT2D eigenvalue weighted by Gasteiger charge is 2.32. The predicted octanol–water partition coefficient (Wildman–Crippen LogP) is 6.19. The molecule has 0 radical (unpaired) electrons. The van der Waals surface area contributed by atoms with Gasteiger partial charge in [0.25, 0.3) is 0 Å². The second-order valence-electron chi connectivity index (χ2n) is 10.2. The first-order chi connectivity index (χ1) is 17.9. The SMILES string of the molecule is C=CC(=O)OCCCCCCOc1ccc(C(=O)OC2CCC(C3CCC(OC(C)=O)CC3)CC2)cc1. The molecule has 0 amide bonds. The van der Waals surface area contributed by atoms with Gasteiger partial charge in [0, 0.05) is 13.0 Å². The Balaban J connectivity index is 1.27. The lowest BCUT2D eigenvalue weighted by atomic mass is 9.72. The number of carbonyl (C=O) groups is 3. The zero-order chi connectivity index (χ0) is 26.5. The maximum Gasteiger partial charge on any atom is 0.338 e. The Bertz CT molecular complexity index is 862. The zero-order valence-electron chi connectivity index (χ0n) is 22.2. The molecular formula is C30H42O7. The number of esters is 3. The van der Waals surface area contributed by atoms with Gasteiger partial charge in [-0.15, -0.1) is 0 Å². The highest BCUT2D eigenvalue weighted by molar-refractivity contribution is 5.89. The van der Waals surface area contributed by atoms with Gasteiger partial charge >= 0.3 is 17.9 Å². The molecule has 0 aliphatic heterocycles. The first-order valence-corrected chi connectivity index (χ1v) is 13.8. The predicted molar refractivity (Wildman–Crippen MR) is 140 cm³/mol. The number of benzene rings is 1. The molecule has 1 aromatic carbocycles. The molecule has 204 valence electrons. The smallest absolute Gasteiger partial charge is 0.338 e. The molecular weight excluding hydrogens is 472 g/mol. The Hall–Kier alpha value is -2.83. The molecule has 0 unspecified atom stereocenters. The Morgan fingerprint density at radius 2 is 1.32 bits per heavy atom. The van der Waals surface area contributed by atoms with Gasteiger partial charge in [-0.1, -0.05) is 6.58 Å². The molecule has 7 heteroatoms. The van der Waals surface area contributed by atoms with Gasteiger partial charge in [-0.3, -0.25) is 4.79 Å². The summed E-state index contributed by atoms with van der Waals surface area (Å²) in [6.07, 6.45) is 13.1. The van der Waals surface area contributed by atoms with Crippen LogP contribution in [0.3, 0.4) is 0 Å². The van der Waals surface area contributed by atoms with Crippen molar-refractivity contribution in [3.63, 3.8) is 0 Å². The lowest BCUT2D eigenvalue weighted by molar-refractivity contribution is -0.148. The van der Waals surface area contributed by atoms with E-state index in [1.54, 1.807) is 12.1 Å². The number of carbonyl (C=O) groups excluding carboxylic acids is 3. The fourth-order valence-electron chi connectivity index (χ4n) is 5.48. The summed E-state index contributed by atoms with van der Waals surface area (Å²) < 4.78 is 21.9. The van der Waals surface area contributed by atoms with Crippen molar-refractivity contribution >= 4 is 17.9 Å². The summed E-state index contributed by atoms with van der Waals surface area (Å²) in [7, 11) is 0. The van der Waals surface area contributed by atoms with Gasteiger partial charge in [-0.2, -0.15) is 0 Å². The van der Waals surface area contributed by atoms with Gasteiger partial charge in [0.05, 0.1) is 18.8 Å². The normalized spacial score (nSPS) is 23.5. The lowest BCUT2D eigenvalue weighted by Gasteiger charge is -2.37. The minimum Gasteiger partial charge on any atom is -0.494 e. The van der Waals surface area contributed by atoms with E-state index in [1.165, 1.54) is 13.0 Å². The fourth-order valence-corrected chi connectivity index (χ4v) is 5.48. The van der Waals surface area contributed by atoms with Gasteiger partial charge in [-0.25, -0.2) is 9.59 Å². The van der Waals surface area contributed by atoms with E-state index < -0.39 is 0 Å². The molecule has 7 nitrogen and oxygen atoms in total. The lowest BCUT2D eigenvalue weighted by Crippen LogP contribution is -2.31. The quantitative estimate of drug-likeness (QED) is 0.134. The molecule has 2 fully saturated rings. The molecule has 0 heterocycles. The number of hydrogen-bond acceptors (Lipinski definition) is 7. The maximum absolute atomic E-state index is 12.6. The molecule has 2 aliphatic rings. The van der Waals surface area contributed by atoms with E-state index in [1.807, 2.05) is 12.1 Å². The average molecular weight is 515 g/mol. The maximum atomic E-state index is 12.6. The van der Waals surface area contributed by atoms with Gasteiger partial charge in [-0.05, 0) is 113 Å². The molecule has 0 aromatic heterocycles. The van der Waals surface area contributed by atoms with Crippen LogP contribution in [0.2, 0.25) is 0 Å². The van der Waals surface area contributed by atoms with Crippen LogP contribution in [0.25, 0.3) is 0 Å². The molecule has 0 spiro atoms. The van der Waals surface area contributed by atoms with Crippen molar-refractivity contribution in [2.45, 2.75) is 96.2 Å². The van der Waals surface area contributed by atoms with Crippen LogP contribution in [-0.2, 0) is 23.8 Å². The summed E-state index contributed by atoms with van der Waals surface area (Å²) in [6.45, 7) is 5.87. The van der Waals surface area contributed by atoms with Crippen molar-refractivity contribution in [1.29, 1.82) is 0 Å². The van der Waals surface area contributed by atoms with E-state index in [9.17, 15) is 14.4 Å². The third-order valence-electron chi connectivity index (χ3n) is 7.52. The third-order valence-corrected chi connectivity index (χ3v) is 7.52. The largest absolute Gasteiger partial charge is 0.494 e. The summed E-state index contributed by atoms with van der Waals surface area (Å²) in [5, 5.41) is 0. The molecule has 0 N–H and O–H groups in total. The van der Waals surface area contributed by atoms with Crippen molar-refractivity contribution in [3.8, 4) is 5.75 Å². The van der Waals surface area contributed by atoms with E-state index in [4.69, 9.17) is 18.9 Å². The van der Waals surface area contributed by atoms with Crippen molar-refractivity contribution in [2.24, 2.45) is 11.8 Å². The van der Waals surface area contributed by atoms with Crippen LogP contribution in [0.1, 0.15) is 94.3 Å². The summed E-state index contributed by atoms with van der Waals surface area (Å²) >= 11 is 0. The van der Waals surface area contributed by atoms with Gasteiger partial charge in [0.2, 0.25) is 0 Å². The van der Waals surface area contributed by atoms with E-state index >= 15 is 0 Å². The second-order valence-corrected chi connectivity index (χ2v) is 10.2. The van der Waals surface area contributed by atoms with Crippen LogP contribution >= 0.6 is 0 Å². The Labute approximate surface area is 220 Å². The molecule has 1 aromatic rings. The van der Waals surface area contributed by atoms with Gasteiger partial charge in [0.15, 0.2) is 0 Å². The molecule has 0 bridgehead atoms. The minimum absolute atomic E-state index is 0.0163. The average Bonchev–Trinajstić information content (AvgIpc) is 2.91. The summed E-state index contributed by atoms with van der Waals surface area (Å²) in [6, 6.07) is 7.15. The summed E-state index contributed by atoms with van der Waals surface area (Å²) in [5.41, 5.74) is 0.548. The second kappa shape index (κ2) is 15.4. The topological polar surface area (TPSA) is 88.1 Å². The van der Waals surface area contributed by atoms with Crippen LogP contribution in [0.5, 0.6) is 5.75 Å². The van der Waals surface area contributed by atoms with Crippen LogP contribution < -0.4 is 4.74 Å². The number of hydrogen-bond donors (Lipinski definition) is 0. The molecule has 37 heavy (non-hydrogen) atoms. The van der Waals surface area contributed by atoms with E-state index in [-0.39, 0.29) is 30.1 Å². The van der Waals surface area contributed by atoms with E-state index in [0.717, 1.165) is 82.8 Å². The monoisotopic (exact) mass is 514 g/mol. The molecule has 3 rings (SSSR count). The highest BCUT2D eigenvalue weighted by Crippen LogP contribution is 2.39. The van der Waals surface area contributed by atoms with Gasteiger partial charge < -0.3 is 18.9 Å². The zero-order valence-corrected chi connectivity index (χ0v) is 22.2. The van der Waals surface area contributed by atoms with Crippen molar-refractivity contribution in [2.75, 3.05) is 13.2 Å². The van der Waals surface area contributed by atoms with Crippen molar-refractivity contribution in [1.82, 2.24) is 0 Å². The number of rotatable bonds is 13.